The number of fused-ring (bicyclic) bond motifs is 4. The van der Waals surface area contributed by atoms with Gasteiger partial charge in [-0.15, -0.1) is 0 Å². The zero-order valence-electron chi connectivity index (χ0n) is 32.9. The molecule has 11 rings (SSSR count). The summed E-state index contributed by atoms with van der Waals surface area (Å²) < 4.78 is 6.32. The zero-order valence-corrected chi connectivity index (χ0v) is 32.9. The molecule has 60 heavy (non-hydrogen) atoms. The Hall–Kier alpha value is -7.94. The van der Waals surface area contributed by atoms with E-state index in [-0.39, 0.29) is 0 Å². The number of nitrogens with zero attached hydrogens (tertiary/aromatic N) is 1. The molecule has 0 fully saturated rings. The van der Waals surface area contributed by atoms with Gasteiger partial charge in [-0.3, -0.25) is 0 Å². The Kier molecular flexibility index (Phi) is 8.87. The highest BCUT2D eigenvalue weighted by molar-refractivity contribution is 6.07. The van der Waals surface area contributed by atoms with E-state index in [2.05, 4.69) is 229 Å². The minimum Gasteiger partial charge on any atom is -0.456 e. The van der Waals surface area contributed by atoms with Gasteiger partial charge >= 0.3 is 0 Å². The van der Waals surface area contributed by atoms with Crippen LogP contribution in [0.2, 0.25) is 0 Å². The molecule has 2 nitrogen and oxygen atoms in total. The molecule has 0 saturated carbocycles. The number of furan rings is 1. The molecule has 10 aromatic carbocycles. The van der Waals surface area contributed by atoms with Gasteiger partial charge in [-0.1, -0.05) is 182 Å². The van der Waals surface area contributed by atoms with Crippen LogP contribution in [0, 0.1) is 0 Å². The lowest BCUT2D eigenvalue weighted by Gasteiger charge is -2.29. The van der Waals surface area contributed by atoms with Crippen LogP contribution >= 0.6 is 0 Å². The Bertz CT molecular complexity index is 3310. The molecule has 1 aromatic heterocycles. The van der Waals surface area contributed by atoms with Crippen molar-refractivity contribution in [2.24, 2.45) is 0 Å². The van der Waals surface area contributed by atoms with Gasteiger partial charge in [0.2, 0.25) is 0 Å². The third-order valence-corrected chi connectivity index (χ3v) is 11.7. The van der Waals surface area contributed by atoms with Crippen LogP contribution in [0.15, 0.2) is 241 Å². The second kappa shape index (κ2) is 15.1. The van der Waals surface area contributed by atoms with E-state index in [1.54, 1.807) is 0 Å². The number of rotatable bonds is 8. The Morgan fingerprint density at radius 1 is 0.267 bits per heavy atom. The molecule has 11 aromatic rings. The summed E-state index contributed by atoms with van der Waals surface area (Å²) in [7, 11) is 0. The first-order valence-electron chi connectivity index (χ1n) is 20.5. The van der Waals surface area contributed by atoms with E-state index in [4.69, 9.17) is 4.42 Å². The number of hydrogen-bond donors (Lipinski definition) is 0. The Morgan fingerprint density at radius 2 is 0.817 bits per heavy atom. The number of benzene rings is 10. The maximum atomic E-state index is 6.32. The van der Waals surface area contributed by atoms with Crippen molar-refractivity contribution < 1.29 is 4.42 Å². The van der Waals surface area contributed by atoms with Crippen LogP contribution < -0.4 is 4.90 Å². The van der Waals surface area contributed by atoms with Gasteiger partial charge in [0.05, 0.1) is 5.69 Å². The van der Waals surface area contributed by atoms with Crippen LogP contribution in [0.3, 0.4) is 0 Å². The van der Waals surface area contributed by atoms with Gasteiger partial charge in [0.1, 0.15) is 11.2 Å². The van der Waals surface area contributed by atoms with Crippen molar-refractivity contribution in [3.63, 3.8) is 0 Å². The van der Waals surface area contributed by atoms with Crippen molar-refractivity contribution in [1.29, 1.82) is 0 Å². The van der Waals surface area contributed by atoms with Crippen LogP contribution in [-0.4, -0.2) is 0 Å². The van der Waals surface area contributed by atoms with Crippen molar-refractivity contribution in [3.05, 3.63) is 237 Å². The fourth-order valence-corrected chi connectivity index (χ4v) is 8.75. The highest BCUT2D eigenvalue weighted by atomic mass is 16.3. The fraction of sp³-hybridized carbons (Fsp3) is 0. The van der Waals surface area contributed by atoms with Crippen LogP contribution in [0.25, 0.3) is 88.3 Å². The molecule has 0 amide bonds. The van der Waals surface area contributed by atoms with E-state index < -0.39 is 0 Å². The lowest BCUT2D eigenvalue weighted by molar-refractivity contribution is 0.669. The molecule has 0 spiro atoms. The third kappa shape index (κ3) is 6.41. The molecular weight excluding hydrogens is 727 g/mol. The minimum absolute atomic E-state index is 0.872. The van der Waals surface area contributed by atoms with E-state index >= 15 is 0 Å². The van der Waals surface area contributed by atoms with Gasteiger partial charge in [0, 0.05) is 27.7 Å². The molecular formula is C58H39NO. The average Bonchev–Trinajstić information content (AvgIpc) is 3.70. The highest BCUT2D eigenvalue weighted by Gasteiger charge is 2.22. The van der Waals surface area contributed by atoms with Gasteiger partial charge in [-0.2, -0.15) is 0 Å². The summed E-state index contributed by atoms with van der Waals surface area (Å²) in [5, 5.41) is 4.67. The second-order valence-corrected chi connectivity index (χ2v) is 15.3. The number of anilines is 3. The van der Waals surface area contributed by atoms with Gasteiger partial charge in [-0.05, 0) is 115 Å². The molecule has 2 heteroatoms. The molecule has 0 aliphatic carbocycles. The Balaban J connectivity index is 1.10. The normalized spacial score (nSPS) is 11.3. The summed E-state index contributed by atoms with van der Waals surface area (Å²) in [6.45, 7) is 0. The lowest BCUT2D eigenvalue weighted by atomic mass is 9.87. The van der Waals surface area contributed by atoms with Gasteiger partial charge < -0.3 is 9.32 Å². The predicted molar refractivity (Wildman–Crippen MR) is 253 cm³/mol. The van der Waals surface area contributed by atoms with Gasteiger partial charge in [0.15, 0.2) is 0 Å². The molecule has 0 atom stereocenters. The maximum absolute atomic E-state index is 6.32. The van der Waals surface area contributed by atoms with E-state index in [0.29, 0.717) is 0 Å². The topological polar surface area (TPSA) is 16.4 Å². The summed E-state index contributed by atoms with van der Waals surface area (Å²) in [5.74, 6) is 0. The summed E-state index contributed by atoms with van der Waals surface area (Å²) in [5.41, 5.74) is 16.7. The molecule has 0 aliphatic rings. The van der Waals surface area contributed by atoms with E-state index in [1.807, 2.05) is 12.1 Å². The second-order valence-electron chi connectivity index (χ2n) is 15.3. The summed E-state index contributed by atoms with van der Waals surface area (Å²) >= 11 is 0. The SMILES string of the molecule is c1ccc(-c2ccc(-c3ccccc3)c(-c3ccccc3-c3ccccc3N(c3ccc(-c4ccc5ccccc5c4)cc3)c3ccc4oc5ccccc5c4c3)c2)cc1. The molecule has 1 heterocycles. The fourth-order valence-electron chi connectivity index (χ4n) is 8.75. The average molecular weight is 766 g/mol. The molecule has 0 radical (unpaired) electrons. The van der Waals surface area contributed by atoms with Crippen LogP contribution in [0.1, 0.15) is 0 Å². The van der Waals surface area contributed by atoms with Crippen LogP contribution in [0.4, 0.5) is 17.1 Å². The van der Waals surface area contributed by atoms with Gasteiger partial charge in [0.25, 0.3) is 0 Å². The first-order chi connectivity index (χ1) is 29.7. The molecule has 0 aliphatic heterocycles. The Labute approximate surface area is 349 Å². The standard InChI is InChI=1S/C58H39NO/c1-3-15-40(16-4-1)46-31-35-49(43-18-5-2-6-19-43)54(38-46)51-22-10-9-21-50(51)52-23-11-13-25-56(52)59(48-34-36-58-55(39-48)53-24-12-14-26-57(53)60-58)47-32-29-42(30-33-47)45-28-27-41-17-7-8-20-44(41)37-45/h1-39H. The Morgan fingerprint density at radius 3 is 1.62 bits per heavy atom. The van der Waals surface area contributed by atoms with Crippen molar-refractivity contribution in [2.45, 2.75) is 0 Å². The van der Waals surface area contributed by atoms with Crippen LogP contribution in [0.5, 0.6) is 0 Å². The maximum Gasteiger partial charge on any atom is 0.135 e. The van der Waals surface area contributed by atoms with Crippen molar-refractivity contribution in [2.75, 3.05) is 4.90 Å². The van der Waals surface area contributed by atoms with Crippen molar-refractivity contribution in [3.8, 4) is 55.6 Å². The lowest BCUT2D eigenvalue weighted by Crippen LogP contribution is -2.11. The van der Waals surface area contributed by atoms with E-state index in [9.17, 15) is 0 Å². The quantitative estimate of drug-likeness (QED) is 0.153. The number of hydrogen-bond acceptors (Lipinski definition) is 2. The predicted octanol–water partition coefficient (Wildman–Crippen LogP) is 16.5. The van der Waals surface area contributed by atoms with Crippen molar-refractivity contribution >= 4 is 49.8 Å². The highest BCUT2D eigenvalue weighted by Crippen LogP contribution is 2.47. The molecule has 0 saturated heterocycles. The zero-order chi connectivity index (χ0) is 39.8. The van der Waals surface area contributed by atoms with Crippen LogP contribution in [-0.2, 0) is 0 Å². The summed E-state index contributed by atoms with van der Waals surface area (Å²) in [6.07, 6.45) is 0. The number of para-hydroxylation sites is 2. The largest absolute Gasteiger partial charge is 0.456 e. The summed E-state index contributed by atoms with van der Waals surface area (Å²) in [6, 6.07) is 85.1. The smallest absolute Gasteiger partial charge is 0.135 e. The van der Waals surface area contributed by atoms with E-state index in [0.717, 1.165) is 50.1 Å². The molecule has 0 N–H and O–H groups in total. The first kappa shape index (κ1) is 35.2. The summed E-state index contributed by atoms with van der Waals surface area (Å²) in [4.78, 5) is 2.40. The van der Waals surface area contributed by atoms with E-state index in [1.165, 1.54) is 55.3 Å². The monoisotopic (exact) mass is 765 g/mol. The first-order valence-corrected chi connectivity index (χ1v) is 20.5. The van der Waals surface area contributed by atoms with Gasteiger partial charge in [-0.25, -0.2) is 0 Å². The molecule has 0 unspecified atom stereocenters. The minimum atomic E-state index is 0.872. The molecule has 282 valence electrons. The molecule has 0 bridgehead atoms. The third-order valence-electron chi connectivity index (χ3n) is 11.7. The van der Waals surface area contributed by atoms with Crippen molar-refractivity contribution in [1.82, 2.24) is 0 Å².